The van der Waals surface area contributed by atoms with Crippen LogP contribution in [-0.2, 0) is 5.60 Å². The normalized spacial score (nSPS) is 14.2. The van der Waals surface area contributed by atoms with E-state index in [-0.39, 0.29) is 16.9 Å². The highest BCUT2D eigenvalue weighted by atomic mass is 19.4. The summed E-state index contributed by atoms with van der Waals surface area (Å²) in [5.41, 5.74) is -3.02. The Morgan fingerprint density at radius 2 is 1.52 bits per heavy atom. The number of hydrogen-bond acceptors (Lipinski definition) is 3. The highest BCUT2D eigenvalue weighted by molar-refractivity contribution is 5.51. The number of ether oxygens (including phenoxy) is 1. The van der Waals surface area contributed by atoms with Gasteiger partial charge in [0.1, 0.15) is 5.75 Å². The van der Waals surface area contributed by atoms with Crippen molar-refractivity contribution in [3.8, 4) is 5.75 Å². The molecule has 0 spiro atoms. The molecule has 2 rings (SSSR count). The molecule has 6 heteroatoms. The van der Waals surface area contributed by atoms with Crippen molar-refractivity contribution in [2.45, 2.75) is 11.8 Å². The topological polar surface area (TPSA) is 32.7 Å². The first-order chi connectivity index (χ1) is 10.7. The van der Waals surface area contributed by atoms with Crippen molar-refractivity contribution in [2.24, 2.45) is 0 Å². The molecular weight excluding hydrogens is 307 g/mol. The van der Waals surface area contributed by atoms with Gasteiger partial charge in [0.25, 0.3) is 0 Å². The summed E-state index contributed by atoms with van der Waals surface area (Å²) in [7, 11) is 4.83. The van der Waals surface area contributed by atoms with Crippen LogP contribution in [0.2, 0.25) is 0 Å². The Labute approximate surface area is 132 Å². The molecule has 0 heterocycles. The zero-order chi connectivity index (χ0) is 17.3. The van der Waals surface area contributed by atoms with Crippen LogP contribution in [0, 0.1) is 0 Å². The Hall–Kier alpha value is -2.21. The predicted molar refractivity (Wildman–Crippen MR) is 82.8 cm³/mol. The molecule has 0 amide bonds. The fraction of sp³-hybridized carbons (Fsp3) is 0.294. The van der Waals surface area contributed by atoms with Gasteiger partial charge in [-0.1, -0.05) is 30.3 Å². The third kappa shape index (κ3) is 2.99. The summed E-state index contributed by atoms with van der Waals surface area (Å²) in [6, 6.07) is 11.2. The number of rotatable bonds is 4. The quantitative estimate of drug-likeness (QED) is 0.933. The van der Waals surface area contributed by atoms with Gasteiger partial charge in [-0.15, -0.1) is 0 Å². The molecule has 0 aliphatic rings. The second-order valence-electron chi connectivity index (χ2n) is 5.35. The van der Waals surface area contributed by atoms with E-state index < -0.39 is 11.8 Å². The van der Waals surface area contributed by atoms with Crippen LogP contribution in [0.25, 0.3) is 0 Å². The van der Waals surface area contributed by atoms with Crippen molar-refractivity contribution in [1.82, 2.24) is 0 Å². The lowest BCUT2D eigenvalue weighted by molar-refractivity contribution is -0.248. The first kappa shape index (κ1) is 17.1. The third-order valence-electron chi connectivity index (χ3n) is 3.71. The number of halogens is 3. The molecule has 0 aliphatic carbocycles. The molecule has 2 aromatic carbocycles. The second kappa shape index (κ2) is 6.12. The van der Waals surface area contributed by atoms with E-state index in [9.17, 15) is 18.3 Å². The number of methoxy groups -OCH3 is 1. The van der Waals surface area contributed by atoms with Gasteiger partial charge in [0.2, 0.25) is 5.60 Å². The molecule has 3 nitrogen and oxygen atoms in total. The lowest BCUT2D eigenvalue weighted by Crippen LogP contribution is -2.43. The smallest absolute Gasteiger partial charge is 0.425 e. The average molecular weight is 325 g/mol. The molecule has 1 unspecified atom stereocenters. The van der Waals surface area contributed by atoms with E-state index in [2.05, 4.69) is 0 Å². The van der Waals surface area contributed by atoms with E-state index >= 15 is 0 Å². The van der Waals surface area contributed by atoms with Crippen molar-refractivity contribution in [3.05, 3.63) is 59.7 Å². The number of anilines is 1. The van der Waals surface area contributed by atoms with E-state index in [1.165, 1.54) is 49.6 Å². The van der Waals surface area contributed by atoms with Crippen LogP contribution >= 0.6 is 0 Å². The minimum absolute atomic E-state index is 0.0241. The predicted octanol–water partition coefficient (Wildman–Crippen LogP) is 3.56. The van der Waals surface area contributed by atoms with Crippen LogP contribution in [0.1, 0.15) is 11.1 Å². The molecule has 124 valence electrons. The van der Waals surface area contributed by atoms with Gasteiger partial charge in [-0.05, 0) is 23.8 Å². The van der Waals surface area contributed by atoms with Crippen LogP contribution in [0.4, 0.5) is 18.9 Å². The molecule has 23 heavy (non-hydrogen) atoms. The van der Waals surface area contributed by atoms with Gasteiger partial charge < -0.3 is 14.7 Å². The lowest BCUT2D eigenvalue weighted by Gasteiger charge is -2.32. The molecule has 0 saturated heterocycles. The van der Waals surface area contributed by atoms with Crippen molar-refractivity contribution >= 4 is 5.69 Å². The van der Waals surface area contributed by atoms with E-state index in [0.29, 0.717) is 0 Å². The second-order valence-corrected chi connectivity index (χ2v) is 5.35. The maximum Gasteiger partial charge on any atom is 0.425 e. The zero-order valence-corrected chi connectivity index (χ0v) is 13.1. The largest absolute Gasteiger partial charge is 0.496 e. The average Bonchev–Trinajstić information content (AvgIpc) is 2.53. The summed E-state index contributed by atoms with van der Waals surface area (Å²) in [5, 5.41) is 10.6. The lowest BCUT2D eigenvalue weighted by atomic mass is 9.85. The maximum absolute atomic E-state index is 13.7. The minimum Gasteiger partial charge on any atom is -0.496 e. The van der Waals surface area contributed by atoms with Crippen molar-refractivity contribution in [2.75, 3.05) is 26.1 Å². The molecule has 0 aliphatic heterocycles. The van der Waals surface area contributed by atoms with E-state index in [1.807, 2.05) is 0 Å². The number of alkyl halides is 3. The van der Waals surface area contributed by atoms with Gasteiger partial charge in [-0.25, -0.2) is 0 Å². The van der Waals surface area contributed by atoms with Gasteiger partial charge >= 0.3 is 6.18 Å². The highest BCUT2D eigenvalue weighted by Crippen LogP contribution is 2.47. The van der Waals surface area contributed by atoms with Crippen LogP contribution in [0.3, 0.4) is 0 Å². The number of para-hydroxylation sites is 1. The SMILES string of the molecule is COc1ccccc1C(O)(c1ccc(N(C)C)cc1)C(F)(F)F. The first-order valence-corrected chi connectivity index (χ1v) is 6.92. The van der Waals surface area contributed by atoms with Gasteiger partial charge in [-0.3, -0.25) is 0 Å². The van der Waals surface area contributed by atoms with E-state index in [4.69, 9.17) is 4.74 Å². The summed E-state index contributed by atoms with van der Waals surface area (Å²) in [6.45, 7) is 0. The minimum atomic E-state index is -4.90. The fourth-order valence-electron chi connectivity index (χ4n) is 2.42. The molecule has 1 atom stereocenters. The molecule has 0 aromatic heterocycles. The summed E-state index contributed by atoms with van der Waals surface area (Å²) in [4.78, 5) is 1.76. The zero-order valence-electron chi connectivity index (χ0n) is 13.1. The molecular formula is C17H18F3NO2. The number of benzene rings is 2. The maximum atomic E-state index is 13.7. The molecule has 2 aromatic rings. The monoisotopic (exact) mass is 325 g/mol. The summed E-state index contributed by atoms with van der Waals surface area (Å²) >= 11 is 0. The number of hydrogen-bond donors (Lipinski definition) is 1. The van der Waals surface area contributed by atoms with E-state index in [1.54, 1.807) is 25.1 Å². The Morgan fingerprint density at radius 3 is 2.00 bits per heavy atom. The summed E-state index contributed by atoms with van der Waals surface area (Å²) in [5.74, 6) is -0.0241. The van der Waals surface area contributed by atoms with E-state index in [0.717, 1.165) is 5.69 Å². The Balaban J connectivity index is 2.65. The van der Waals surface area contributed by atoms with Crippen LogP contribution in [-0.4, -0.2) is 32.5 Å². The number of nitrogens with zero attached hydrogens (tertiary/aromatic N) is 1. The molecule has 0 bridgehead atoms. The van der Waals surface area contributed by atoms with Crippen LogP contribution in [0.15, 0.2) is 48.5 Å². The highest BCUT2D eigenvalue weighted by Gasteiger charge is 2.57. The Morgan fingerprint density at radius 1 is 0.957 bits per heavy atom. The first-order valence-electron chi connectivity index (χ1n) is 6.92. The third-order valence-corrected chi connectivity index (χ3v) is 3.71. The molecule has 1 N–H and O–H groups in total. The summed E-state index contributed by atoms with van der Waals surface area (Å²) < 4.78 is 46.2. The molecule has 0 fully saturated rings. The van der Waals surface area contributed by atoms with Gasteiger partial charge in [0, 0.05) is 25.3 Å². The van der Waals surface area contributed by atoms with Crippen LogP contribution < -0.4 is 9.64 Å². The fourth-order valence-corrected chi connectivity index (χ4v) is 2.42. The van der Waals surface area contributed by atoms with Gasteiger partial charge in [0.05, 0.1) is 7.11 Å². The van der Waals surface area contributed by atoms with Crippen molar-refractivity contribution < 1.29 is 23.0 Å². The summed E-state index contributed by atoms with van der Waals surface area (Å²) in [6.07, 6.45) is -4.90. The Kier molecular flexibility index (Phi) is 4.56. The standard InChI is InChI=1S/C17H18F3NO2/c1-21(2)13-10-8-12(9-11-13)16(22,17(18,19)20)14-6-4-5-7-15(14)23-3/h4-11,22H,1-3H3. The van der Waals surface area contributed by atoms with Crippen molar-refractivity contribution in [3.63, 3.8) is 0 Å². The van der Waals surface area contributed by atoms with Crippen molar-refractivity contribution in [1.29, 1.82) is 0 Å². The number of aliphatic hydroxyl groups is 1. The van der Waals surface area contributed by atoms with Crippen LogP contribution in [0.5, 0.6) is 5.75 Å². The molecule has 0 saturated carbocycles. The molecule has 0 radical (unpaired) electrons. The van der Waals surface area contributed by atoms with Gasteiger partial charge in [-0.2, -0.15) is 13.2 Å². The Bertz CT molecular complexity index is 668. The van der Waals surface area contributed by atoms with Gasteiger partial charge in [0.15, 0.2) is 0 Å².